The molecule has 73 heavy (non-hydrogen) atoms. The molecule has 0 aliphatic rings. The van der Waals surface area contributed by atoms with E-state index in [1.165, 1.54) is 5.56 Å². The van der Waals surface area contributed by atoms with E-state index < -0.39 is 18.1 Å². The van der Waals surface area contributed by atoms with E-state index in [0.29, 0.717) is 34.3 Å². The van der Waals surface area contributed by atoms with Crippen LogP contribution < -0.4 is 9.42 Å². The molecule has 8 aromatic carbocycles. The summed E-state index contributed by atoms with van der Waals surface area (Å²) in [5.74, 6) is 2.57. The predicted octanol–water partition coefficient (Wildman–Crippen LogP) is 16.8. The number of rotatable bonds is 9. The molecule has 0 bridgehead atoms. The van der Waals surface area contributed by atoms with Crippen LogP contribution in [0.1, 0.15) is 85.9 Å². The fourth-order valence-electron chi connectivity index (χ4n) is 9.65. The average molecular weight is 957 g/mol. The Balaban J connectivity index is 1.12. The Hall–Kier alpha value is -8.35. The van der Waals surface area contributed by atoms with Gasteiger partial charge in [0.15, 0.2) is 5.82 Å². The van der Waals surface area contributed by atoms with Gasteiger partial charge >= 0.3 is 0 Å². The molecule has 0 atom stereocenters. The van der Waals surface area contributed by atoms with Crippen molar-refractivity contribution < 1.29 is 16.3 Å². The van der Waals surface area contributed by atoms with Crippen molar-refractivity contribution in [2.75, 3.05) is 0 Å². The molecule has 0 saturated carbocycles. The minimum Gasteiger partial charge on any atom is -0.458 e. The van der Waals surface area contributed by atoms with E-state index in [9.17, 15) is 2.74 Å². The van der Waals surface area contributed by atoms with Crippen molar-refractivity contribution in [3.63, 3.8) is 0 Å². The van der Waals surface area contributed by atoms with E-state index in [1.54, 1.807) is 10.7 Å². The molecule has 0 aliphatic heterocycles. The minimum atomic E-state index is -0.461. The van der Waals surface area contributed by atoms with Gasteiger partial charge in [0.05, 0.1) is 29.3 Å². The van der Waals surface area contributed by atoms with E-state index in [1.807, 2.05) is 83.6 Å². The number of ether oxygens (including phenoxy) is 1. The highest BCUT2D eigenvalue weighted by atomic mass is 16.5. The predicted molar refractivity (Wildman–Crippen MR) is 300 cm³/mol. The maximum atomic E-state index is 9.26. The molecule has 0 N–H and O–H groups in total. The van der Waals surface area contributed by atoms with Gasteiger partial charge in [-0.25, -0.2) is 4.98 Å². The quantitative estimate of drug-likeness (QED) is 0.107. The lowest BCUT2D eigenvalue weighted by Gasteiger charge is -2.27. The van der Waals surface area contributed by atoms with Gasteiger partial charge < -0.3 is 4.74 Å². The molecule has 360 valence electrons. The Morgan fingerprint density at radius 2 is 1.14 bits per heavy atom. The SMILES string of the molecule is [2H]c1c([2H])c([2H])c(-c2cccc(-c3cc(C(C)(C)C)cc(C(C)(C)C)c3)c2-[n+]2[c-]n(-c3cccc(Oc4cc(-c5ccccc5)c5c6ccccc6n(-c6cc(C(C)(C)C)ccn6)c5c4)c3)c(-c3ccccc3)n2)c([2H])c1[2H]. The van der Waals surface area contributed by atoms with Crippen LogP contribution in [0.5, 0.6) is 11.5 Å². The topological polar surface area (TPSA) is 48.8 Å². The van der Waals surface area contributed by atoms with Gasteiger partial charge in [0.2, 0.25) is 0 Å². The highest BCUT2D eigenvalue weighted by molar-refractivity contribution is 6.16. The Morgan fingerprint density at radius 1 is 0.507 bits per heavy atom. The van der Waals surface area contributed by atoms with Crippen molar-refractivity contribution in [3.05, 3.63) is 229 Å². The first-order valence-electron chi connectivity index (χ1n) is 27.4. The molecule has 0 unspecified atom stereocenters. The summed E-state index contributed by atoms with van der Waals surface area (Å²) >= 11 is 0. The summed E-state index contributed by atoms with van der Waals surface area (Å²) in [6.45, 7) is 19.8. The zero-order chi connectivity index (χ0) is 55.0. The van der Waals surface area contributed by atoms with Crippen LogP contribution in [0, 0.1) is 6.33 Å². The van der Waals surface area contributed by atoms with E-state index >= 15 is 0 Å². The minimum absolute atomic E-state index is 0.0662. The van der Waals surface area contributed by atoms with Gasteiger partial charge in [0.1, 0.15) is 17.3 Å². The number of pyridine rings is 1. The van der Waals surface area contributed by atoms with Gasteiger partial charge in [-0.05, 0) is 103 Å². The summed E-state index contributed by atoms with van der Waals surface area (Å²) in [4.78, 5) is 4.97. The van der Waals surface area contributed by atoms with E-state index in [0.717, 1.165) is 66.6 Å². The number of hydrogen-bond donors (Lipinski definition) is 0. The molecule has 11 aromatic rings. The third-order valence-electron chi connectivity index (χ3n) is 13.6. The van der Waals surface area contributed by atoms with Crippen LogP contribution >= 0.6 is 0 Å². The van der Waals surface area contributed by atoms with Gasteiger partial charge in [0.25, 0.3) is 6.33 Å². The van der Waals surface area contributed by atoms with Crippen molar-refractivity contribution in [3.8, 4) is 73.5 Å². The van der Waals surface area contributed by atoms with Gasteiger partial charge in [0, 0.05) is 28.6 Å². The fourth-order valence-corrected chi connectivity index (χ4v) is 9.65. The summed E-state index contributed by atoms with van der Waals surface area (Å²) in [6.07, 6.45) is 5.50. The third-order valence-corrected chi connectivity index (χ3v) is 13.6. The smallest absolute Gasteiger partial charge is 0.273 e. The van der Waals surface area contributed by atoms with Crippen molar-refractivity contribution in [1.82, 2.24) is 19.2 Å². The summed E-state index contributed by atoms with van der Waals surface area (Å²) in [6, 6.07) is 55.5. The lowest BCUT2D eigenvalue weighted by atomic mass is 9.78. The first-order chi connectivity index (χ1) is 37.2. The first kappa shape index (κ1) is 41.3. The van der Waals surface area contributed by atoms with Crippen LogP contribution in [0.15, 0.2) is 206 Å². The van der Waals surface area contributed by atoms with Gasteiger partial charge in [-0.3, -0.25) is 9.13 Å². The second kappa shape index (κ2) is 18.4. The second-order valence-corrected chi connectivity index (χ2v) is 21.9. The molecule has 0 spiro atoms. The molecule has 3 aromatic heterocycles. The van der Waals surface area contributed by atoms with Gasteiger partial charge in [-0.2, -0.15) is 4.68 Å². The van der Waals surface area contributed by atoms with E-state index in [4.69, 9.17) is 18.9 Å². The summed E-state index contributed by atoms with van der Waals surface area (Å²) in [5, 5.41) is 7.55. The number of fused-ring (bicyclic) bond motifs is 3. The number of nitrogens with zero attached hydrogens (tertiary/aromatic N) is 5. The Bertz CT molecular complexity index is 4060. The van der Waals surface area contributed by atoms with Crippen LogP contribution in [0.25, 0.3) is 83.8 Å². The molecule has 11 rings (SSSR count). The van der Waals surface area contributed by atoms with Crippen molar-refractivity contribution >= 4 is 21.8 Å². The largest absolute Gasteiger partial charge is 0.458 e. The molecule has 0 radical (unpaired) electrons. The zero-order valence-corrected chi connectivity index (χ0v) is 42.9. The zero-order valence-electron chi connectivity index (χ0n) is 47.9. The average Bonchev–Trinajstić information content (AvgIpc) is 4.20. The fraction of sp³-hybridized carbons (Fsp3) is 0.179. The molecule has 6 nitrogen and oxygen atoms in total. The highest BCUT2D eigenvalue weighted by Crippen LogP contribution is 2.43. The molecular weight excluding hydrogens is 891 g/mol. The highest BCUT2D eigenvalue weighted by Gasteiger charge is 2.26. The molecule has 0 aliphatic carbocycles. The van der Waals surface area contributed by atoms with Crippen LogP contribution in [0.2, 0.25) is 0 Å². The molecule has 0 fully saturated rings. The molecular formula is C67H61N5O. The van der Waals surface area contributed by atoms with Crippen molar-refractivity contribution in [2.24, 2.45) is 0 Å². The summed E-state index contributed by atoms with van der Waals surface area (Å²) < 4.78 is 57.4. The van der Waals surface area contributed by atoms with Crippen LogP contribution in [-0.4, -0.2) is 19.2 Å². The maximum absolute atomic E-state index is 9.26. The maximum Gasteiger partial charge on any atom is 0.273 e. The van der Waals surface area contributed by atoms with Crippen molar-refractivity contribution in [1.29, 1.82) is 0 Å². The second-order valence-electron chi connectivity index (χ2n) is 21.9. The Labute approximate surface area is 436 Å². The molecule has 6 heteroatoms. The molecule has 0 saturated heterocycles. The normalized spacial score (nSPS) is 13.1. The number of hydrogen-bond acceptors (Lipinski definition) is 3. The first-order valence-corrected chi connectivity index (χ1v) is 24.9. The number of para-hydroxylation sites is 2. The molecule has 0 amide bonds. The lowest BCUT2D eigenvalue weighted by molar-refractivity contribution is -0.659. The third kappa shape index (κ3) is 9.14. The number of aromatic nitrogens is 5. The van der Waals surface area contributed by atoms with E-state index in [2.05, 4.69) is 164 Å². The Kier molecular flexibility index (Phi) is 10.4. The summed E-state index contributed by atoms with van der Waals surface area (Å²) in [7, 11) is 0. The molecule has 3 heterocycles. The Morgan fingerprint density at radius 3 is 1.82 bits per heavy atom. The number of benzene rings is 8. The lowest BCUT2D eigenvalue weighted by Crippen LogP contribution is -2.34. The van der Waals surface area contributed by atoms with Crippen molar-refractivity contribution in [2.45, 2.75) is 78.6 Å². The van der Waals surface area contributed by atoms with Crippen LogP contribution in [-0.2, 0) is 16.2 Å². The monoisotopic (exact) mass is 957 g/mol. The van der Waals surface area contributed by atoms with Gasteiger partial charge in [-0.1, -0.05) is 220 Å². The standard InChI is InChI=1S/C67H61N5O/c1-65(2,3)49-35-36-68-61(40-49)72-59-34-20-19-31-57(59)62-58(46-25-15-11-16-26-46)42-54(43-60(62)72)73-53-30-21-29-52(41-53)70-44-71(69-64(70)47-27-17-12-18-28-47)63-55(45-23-13-10-14-24-45)32-22-33-56(63)48-37-50(66(4,5)6)39-51(38-48)67(7,8)9/h10-43H,1-9H3/i10D,13D,14D,23D,24D. The van der Waals surface area contributed by atoms with Crippen LogP contribution in [0.4, 0.5) is 0 Å². The summed E-state index contributed by atoms with van der Waals surface area (Å²) in [5.41, 5.74) is 11.1. The van der Waals surface area contributed by atoms with Crippen LogP contribution in [0.3, 0.4) is 0 Å². The van der Waals surface area contributed by atoms with Gasteiger partial charge in [-0.15, -0.1) is 5.10 Å². The van der Waals surface area contributed by atoms with E-state index in [-0.39, 0.29) is 33.9 Å².